The highest BCUT2D eigenvalue weighted by Crippen LogP contribution is 2.26. The molecule has 1 saturated heterocycles. The van der Waals surface area contributed by atoms with Gasteiger partial charge in [-0.3, -0.25) is 24.1 Å². The van der Waals surface area contributed by atoms with Gasteiger partial charge in [0.1, 0.15) is 5.56 Å². The van der Waals surface area contributed by atoms with E-state index in [9.17, 15) is 14.4 Å². The highest BCUT2D eigenvalue weighted by atomic mass is 16.6. The molecule has 6 rings (SSSR count). The Bertz CT molecular complexity index is 1750. The molecule has 11 heteroatoms. The van der Waals surface area contributed by atoms with Crippen LogP contribution in [0.25, 0.3) is 16.7 Å². The molecule has 0 spiro atoms. The zero-order valence-corrected chi connectivity index (χ0v) is 24.4. The minimum Gasteiger partial charge on any atom is -0.350 e. The zero-order chi connectivity index (χ0) is 29.9. The van der Waals surface area contributed by atoms with Gasteiger partial charge in [0, 0.05) is 41.9 Å². The van der Waals surface area contributed by atoms with Crippen molar-refractivity contribution in [2.75, 3.05) is 32.1 Å². The normalized spacial score (nSPS) is 16.3. The Balaban J connectivity index is 1.31. The topological polar surface area (TPSA) is 130 Å². The lowest BCUT2D eigenvalue weighted by atomic mass is 10.1. The van der Waals surface area contributed by atoms with Crippen LogP contribution < -0.4 is 21.5 Å². The Hall–Kier alpha value is -4.61. The smallest absolute Gasteiger partial charge is 0.280 e. The van der Waals surface area contributed by atoms with Gasteiger partial charge in [-0.15, -0.1) is 0 Å². The maximum Gasteiger partial charge on any atom is 0.280 e. The number of carbonyl (C=O) groups is 2. The number of benzene rings is 2. The fourth-order valence-electron chi connectivity index (χ4n) is 6.11. The largest absolute Gasteiger partial charge is 0.350 e. The van der Waals surface area contributed by atoms with E-state index in [1.807, 2.05) is 12.1 Å². The first-order valence-electron chi connectivity index (χ1n) is 14.7. The predicted octanol–water partition coefficient (Wildman–Crippen LogP) is 3.52. The van der Waals surface area contributed by atoms with E-state index in [-0.39, 0.29) is 22.8 Å². The van der Waals surface area contributed by atoms with Crippen molar-refractivity contribution in [2.24, 2.45) is 0 Å². The molecule has 0 saturated carbocycles. The number of hydroxylamine groups is 1. The van der Waals surface area contributed by atoms with E-state index < -0.39 is 11.3 Å². The number of likely N-dealkylation sites (tertiary alicyclic amines) is 1. The molecular weight excluding hydrogens is 546 g/mol. The van der Waals surface area contributed by atoms with Crippen LogP contribution in [-0.4, -0.2) is 64.0 Å². The third kappa shape index (κ3) is 5.86. The summed E-state index contributed by atoms with van der Waals surface area (Å²) in [6.45, 7) is 4.81. The Kier molecular flexibility index (Phi) is 8.17. The minimum absolute atomic E-state index is 0.0856. The lowest BCUT2D eigenvalue weighted by Crippen LogP contribution is -2.40. The molecule has 1 aliphatic heterocycles. The summed E-state index contributed by atoms with van der Waals surface area (Å²) in [5, 5.41) is 6.44. The second-order valence-electron chi connectivity index (χ2n) is 11.0. The second-order valence-corrected chi connectivity index (χ2v) is 11.0. The highest BCUT2D eigenvalue weighted by molar-refractivity contribution is 5.97. The van der Waals surface area contributed by atoms with Gasteiger partial charge in [-0.05, 0) is 86.7 Å². The van der Waals surface area contributed by atoms with Crippen LogP contribution in [0.2, 0.25) is 0 Å². The third-order valence-electron chi connectivity index (χ3n) is 8.33. The quantitative estimate of drug-likeness (QED) is 0.256. The van der Waals surface area contributed by atoms with Gasteiger partial charge < -0.3 is 15.2 Å². The van der Waals surface area contributed by atoms with Crippen molar-refractivity contribution >= 4 is 34.5 Å². The maximum atomic E-state index is 13.3. The molecule has 43 heavy (non-hydrogen) atoms. The van der Waals surface area contributed by atoms with Gasteiger partial charge in [-0.2, -0.15) is 4.98 Å². The summed E-state index contributed by atoms with van der Waals surface area (Å²) in [5.74, 6) is -0.548. The average Bonchev–Trinajstić information content (AvgIpc) is 3.69. The summed E-state index contributed by atoms with van der Waals surface area (Å²) in [6.07, 6.45) is 8.25. The van der Waals surface area contributed by atoms with Crippen molar-refractivity contribution in [3.05, 3.63) is 87.3 Å². The molecule has 3 heterocycles. The first kappa shape index (κ1) is 28.5. The van der Waals surface area contributed by atoms with Crippen molar-refractivity contribution in [1.29, 1.82) is 0 Å². The van der Waals surface area contributed by atoms with Gasteiger partial charge >= 0.3 is 0 Å². The number of hydrogen-bond donors (Lipinski definition) is 3. The van der Waals surface area contributed by atoms with Gasteiger partial charge in [0.15, 0.2) is 5.65 Å². The molecule has 0 radical (unpaired) electrons. The van der Waals surface area contributed by atoms with E-state index in [1.165, 1.54) is 30.6 Å². The molecule has 0 bridgehead atoms. The van der Waals surface area contributed by atoms with Crippen molar-refractivity contribution in [3.8, 4) is 5.69 Å². The molecule has 222 valence electrons. The van der Waals surface area contributed by atoms with Crippen LogP contribution in [0.5, 0.6) is 0 Å². The first-order chi connectivity index (χ1) is 20.9. The van der Waals surface area contributed by atoms with Crippen LogP contribution in [0.4, 0.5) is 11.6 Å². The minimum atomic E-state index is -0.656. The summed E-state index contributed by atoms with van der Waals surface area (Å²) in [7, 11) is 1.31. The number of aryl methyl sites for hydroxylation is 2. The van der Waals surface area contributed by atoms with Crippen molar-refractivity contribution in [1.82, 2.24) is 30.2 Å². The third-order valence-corrected chi connectivity index (χ3v) is 8.33. The molecule has 4 aromatic rings. The Morgan fingerprint density at radius 3 is 2.77 bits per heavy atom. The van der Waals surface area contributed by atoms with Crippen LogP contribution in [0, 0.1) is 0 Å². The number of pyridine rings is 1. The number of hydrogen-bond acceptors (Lipinski definition) is 8. The Labute approximate surface area is 249 Å². The summed E-state index contributed by atoms with van der Waals surface area (Å²) in [5.41, 5.74) is 6.47. The lowest BCUT2D eigenvalue weighted by molar-refractivity contribution is 0.0536. The zero-order valence-electron chi connectivity index (χ0n) is 24.4. The lowest BCUT2D eigenvalue weighted by Gasteiger charge is -2.22. The molecule has 11 nitrogen and oxygen atoms in total. The van der Waals surface area contributed by atoms with E-state index in [0.717, 1.165) is 50.9 Å². The average molecular weight is 582 g/mol. The van der Waals surface area contributed by atoms with E-state index >= 15 is 0 Å². The standard InChI is InChI=1S/C32H35N7O4/c1-3-38-14-6-11-25(38)17-33-30(41)22-9-5-10-23(15-22)35-32-34-18-26-28(40)27(31(42)37-43-2)19-39(29(26)36-32)24-13-12-20-7-4-8-21(20)16-24/h5,9-10,12-13,15-16,18-19,25H,3-4,6-8,11,14,17H2,1-2H3,(H,33,41)(H,37,42)(H,34,35,36). The Morgan fingerprint density at radius 1 is 1.07 bits per heavy atom. The summed E-state index contributed by atoms with van der Waals surface area (Å²) < 4.78 is 1.74. The summed E-state index contributed by atoms with van der Waals surface area (Å²) in [4.78, 5) is 55.2. The van der Waals surface area contributed by atoms with Crippen molar-refractivity contribution in [2.45, 2.75) is 45.1 Å². The number of fused-ring (bicyclic) bond motifs is 2. The molecule has 2 aromatic heterocycles. The van der Waals surface area contributed by atoms with Gasteiger partial charge in [0.2, 0.25) is 11.4 Å². The number of amides is 2. The van der Waals surface area contributed by atoms with Gasteiger partial charge in [0.25, 0.3) is 11.8 Å². The van der Waals surface area contributed by atoms with Crippen molar-refractivity contribution < 1.29 is 14.4 Å². The molecule has 2 aromatic carbocycles. The van der Waals surface area contributed by atoms with Crippen LogP contribution >= 0.6 is 0 Å². The van der Waals surface area contributed by atoms with Crippen molar-refractivity contribution in [3.63, 3.8) is 0 Å². The number of anilines is 2. The Morgan fingerprint density at radius 2 is 1.93 bits per heavy atom. The van der Waals surface area contributed by atoms with Crippen LogP contribution in [0.1, 0.15) is 58.0 Å². The highest BCUT2D eigenvalue weighted by Gasteiger charge is 2.24. The number of aromatic nitrogens is 3. The molecular formula is C32H35N7O4. The van der Waals surface area contributed by atoms with Crippen LogP contribution in [-0.2, 0) is 17.7 Å². The summed E-state index contributed by atoms with van der Waals surface area (Å²) >= 11 is 0. The van der Waals surface area contributed by atoms with Crippen LogP contribution in [0.3, 0.4) is 0 Å². The fraction of sp³-hybridized carbons (Fsp3) is 0.344. The van der Waals surface area contributed by atoms with Gasteiger partial charge in [-0.25, -0.2) is 10.5 Å². The number of nitrogens with zero attached hydrogens (tertiary/aromatic N) is 4. The second kappa shape index (κ2) is 12.3. The molecule has 2 amide bonds. The predicted molar refractivity (Wildman–Crippen MR) is 164 cm³/mol. The molecule has 1 fully saturated rings. The first-order valence-corrected chi connectivity index (χ1v) is 14.7. The molecule has 3 N–H and O–H groups in total. The summed E-state index contributed by atoms with van der Waals surface area (Å²) in [6, 6.07) is 13.6. The molecule has 1 atom stereocenters. The monoisotopic (exact) mass is 581 g/mol. The molecule has 1 unspecified atom stereocenters. The number of nitrogens with one attached hydrogen (secondary N) is 3. The van der Waals surface area contributed by atoms with Gasteiger partial charge in [0.05, 0.1) is 12.5 Å². The number of carbonyl (C=O) groups excluding carboxylic acids is 2. The SMILES string of the molecule is CCN1CCCC1CNC(=O)c1cccc(Nc2ncc3c(=O)c(C(=O)NOC)cn(-c4ccc5c(c4)CCC5)c3n2)c1. The fourth-order valence-corrected chi connectivity index (χ4v) is 6.11. The maximum absolute atomic E-state index is 13.3. The molecule has 1 aliphatic carbocycles. The molecule has 2 aliphatic rings. The van der Waals surface area contributed by atoms with E-state index in [0.29, 0.717) is 29.5 Å². The van der Waals surface area contributed by atoms with E-state index in [1.54, 1.807) is 22.8 Å². The number of rotatable bonds is 9. The van der Waals surface area contributed by atoms with E-state index in [2.05, 4.69) is 45.1 Å². The van der Waals surface area contributed by atoms with Crippen LogP contribution in [0.15, 0.2) is 59.7 Å². The van der Waals surface area contributed by atoms with Gasteiger partial charge in [-0.1, -0.05) is 19.1 Å². The number of likely N-dealkylation sites (N-methyl/N-ethyl adjacent to an activating group) is 1. The van der Waals surface area contributed by atoms with E-state index in [4.69, 9.17) is 9.82 Å².